The van der Waals surface area contributed by atoms with Crippen LogP contribution in [0, 0.1) is 20.8 Å². The minimum Gasteiger partial charge on any atom is -0.352 e. The zero-order chi connectivity index (χ0) is 19.0. The van der Waals surface area contributed by atoms with Crippen molar-refractivity contribution in [1.29, 1.82) is 0 Å². The first-order chi connectivity index (χ1) is 13.0. The van der Waals surface area contributed by atoms with Gasteiger partial charge in [0.2, 0.25) is 0 Å². The maximum absolute atomic E-state index is 12.7. The molecule has 4 heterocycles. The summed E-state index contributed by atoms with van der Waals surface area (Å²) in [7, 11) is 0. The zero-order valence-electron chi connectivity index (χ0n) is 15.6. The molecule has 8 nitrogen and oxygen atoms in total. The monoisotopic (exact) mass is 383 g/mol. The molecule has 0 aromatic carbocycles. The third kappa shape index (κ3) is 3.55. The normalized spacial score (nSPS) is 14.6. The number of hydrogen-bond donors (Lipinski definition) is 0. The molecule has 3 aromatic rings. The van der Waals surface area contributed by atoms with Crippen LogP contribution in [0.25, 0.3) is 5.82 Å². The number of thiazole rings is 1. The van der Waals surface area contributed by atoms with Crippen LogP contribution in [-0.4, -0.2) is 61.9 Å². The van der Waals surface area contributed by atoms with Crippen LogP contribution in [0.5, 0.6) is 0 Å². The van der Waals surface area contributed by atoms with E-state index in [2.05, 4.69) is 25.2 Å². The van der Waals surface area contributed by atoms with Gasteiger partial charge in [-0.25, -0.2) is 9.67 Å². The third-order valence-electron chi connectivity index (χ3n) is 4.58. The summed E-state index contributed by atoms with van der Waals surface area (Å²) in [4.78, 5) is 21.9. The van der Waals surface area contributed by atoms with Crippen LogP contribution in [0.2, 0.25) is 0 Å². The SMILES string of the molecule is Cc1ccn(-c2ccc(N3CCN(C(=O)c4sc(C)nc4C)CC3)nn2)n1. The molecule has 1 fully saturated rings. The molecule has 0 unspecified atom stereocenters. The summed E-state index contributed by atoms with van der Waals surface area (Å²) in [5.74, 6) is 1.59. The van der Waals surface area contributed by atoms with Crippen LogP contribution in [0.4, 0.5) is 5.82 Å². The lowest BCUT2D eigenvalue weighted by Crippen LogP contribution is -2.49. The fraction of sp³-hybridized carbons (Fsp3) is 0.389. The number of aryl methyl sites for hydroxylation is 3. The largest absolute Gasteiger partial charge is 0.352 e. The number of carbonyl (C=O) groups is 1. The molecule has 1 aliphatic rings. The molecule has 3 aromatic heterocycles. The van der Waals surface area contributed by atoms with Gasteiger partial charge < -0.3 is 9.80 Å². The van der Waals surface area contributed by atoms with Crippen LogP contribution in [0.15, 0.2) is 24.4 Å². The lowest BCUT2D eigenvalue weighted by atomic mass is 10.2. The summed E-state index contributed by atoms with van der Waals surface area (Å²) >= 11 is 1.47. The maximum Gasteiger partial charge on any atom is 0.265 e. The van der Waals surface area contributed by atoms with Gasteiger partial charge in [0, 0.05) is 32.4 Å². The number of piperazine rings is 1. The highest BCUT2D eigenvalue weighted by Crippen LogP contribution is 2.21. The Hall–Kier alpha value is -2.81. The quantitative estimate of drug-likeness (QED) is 0.688. The molecule has 1 amide bonds. The summed E-state index contributed by atoms with van der Waals surface area (Å²) in [6, 6.07) is 5.79. The van der Waals surface area contributed by atoms with E-state index < -0.39 is 0 Å². The van der Waals surface area contributed by atoms with Crippen molar-refractivity contribution in [2.75, 3.05) is 31.1 Å². The molecular weight excluding hydrogens is 362 g/mol. The van der Waals surface area contributed by atoms with E-state index >= 15 is 0 Å². The highest BCUT2D eigenvalue weighted by molar-refractivity contribution is 7.13. The van der Waals surface area contributed by atoms with Crippen molar-refractivity contribution < 1.29 is 4.79 Å². The van der Waals surface area contributed by atoms with Crippen molar-refractivity contribution in [1.82, 2.24) is 29.9 Å². The van der Waals surface area contributed by atoms with Gasteiger partial charge in [-0.15, -0.1) is 21.5 Å². The summed E-state index contributed by atoms with van der Waals surface area (Å²) in [6.07, 6.45) is 1.87. The van der Waals surface area contributed by atoms with E-state index in [1.165, 1.54) is 11.3 Å². The van der Waals surface area contributed by atoms with Crippen LogP contribution in [0.1, 0.15) is 26.1 Å². The molecule has 0 saturated carbocycles. The third-order valence-corrected chi connectivity index (χ3v) is 5.64. The molecule has 0 bridgehead atoms. The minimum atomic E-state index is 0.0771. The molecule has 1 saturated heterocycles. The number of carbonyl (C=O) groups excluding carboxylic acids is 1. The molecule has 0 aliphatic carbocycles. The van der Waals surface area contributed by atoms with Crippen molar-refractivity contribution in [3.63, 3.8) is 0 Å². The lowest BCUT2D eigenvalue weighted by Gasteiger charge is -2.35. The van der Waals surface area contributed by atoms with Gasteiger partial charge >= 0.3 is 0 Å². The number of amides is 1. The Labute approximate surface area is 161 Å². The summed E-state index contributed by atoms with van der Waals surface area (Å²) < 4.78 is 1.71. The maximum atomic E-state index is 12.7. The van der Waals surface area contributed by atoms with Gasteiger partial charge in [-0.05, 0) is 39.0 Å². The Morgan fingerprint density at radius 3 is 2.26 bits per heavy atom. The average Bonchev–Trinajstić information content (AvgIpc) is 3.26. The molecule has 0 N–H and O–H groups in total. The molecule has 4 rings (SSSR count). The van der Waals surface area contributed by atoms with Crippen molar-refractivity contribution in [2.24, 2.45) is 0 Å². The molecule has 0 atom stereocenters. The van der Waals surface area contributed by atoms with Crippen LogP contribution >= 0.6 is 11.3 Å². The lowest BCUT2D eigenvalue weighted by molar-refractivity contribution is 0.0750. The van der Waals surface area contributed by atoms with E-state index in [-0.39, 0.29) is 5.91 Å². The number of hydrogen-bond acceptors (Lipinski definition) is 7. The highest BCUT2D eigenvalue weighted by Gasteiger charge is 2.25. The Kier molecular flexibility index (Phi) is 4.61. The van der Waals surface area contributed by atoms with E-state index in [0.29, 0.717) is 18.9 Å². The molecule has 9 heteroatoms. The van der Waals surface area contributed by atoms with Crippen LogP contribution < -0.4 is 4.90 Å². The number of rotatable bonds is 3. The Morgan fingerprint density at radius 1 is 1.00 bits per heavy atom. The topological polar surface area (TPSA) is 80.0 Å². The fourth-order valence-electron chi connectivity index (χ4n) is 3.16. The van der Waals surface area contributed by atoms with Gasteiger partial charge in [-0.3, -0.25) is 4.79 Å². The molecule has 0 spiro atoms. The second-order valence-electron chi connectivity index (χ2n) is 6.58. The predicted octanol–water partition coefficient (Wildman–Crippen LogP) is 2.01. The van der Waals surface area contributed by atoms with Crippen molar-refractivity contribution >= 4 is 23.1 Å². The first-order valence-corrected chi connectivity index (χ1v) is 9.67. The summed E-state index contributed by atoms with van der Waals surface area (Å²) in [5, 5.41) is 13.9. The Morgan fingerprint density at radius 2 is 1.70 bits per heavy atom. The summed E-state index contributed by atoms with van der Waals surface area (Å²) in [6.45, 7) is 8.56. The van der Waals surface area contributed by atoms with Gasteiger partial charge in [-0.2, -0.15) is 5.10 Å². The number of nitrogens with zero attached hydrogens (tertiary/aromatic N) is 7. The molecular formula is C18H21N7OS. The van der Waals surface area contributed by atoms with Gasteiger partial charge in [0.15, 0.2) is 11.6 Å². The van der Waals surface area contributed by atoms with E-state index in [9.17, 15) is 4.79 Å². The second kappa shape index (κ2) is 7.07. The highest BCUT2D eigenvalue weighted by atomic mass is 32.1. The van der Waals surface area contributed by atoms with E-state index in [0.717, 1.165) is 40.2 Å². The number of anilines is 1. The van der Waals surface area contributed by atoms with E-state index in [4.69, 9.17) is 0 Å². The van der Waals surface area contributed by atoms with Gasteiger partial charge in [0.05, 0.1) is 16.4 Å². The first kappa shape index (κ1) is 17.6. The van der Waals surface area contributed by atoms with Crippen molar-refractivity contribution in [2.45, 2.75) is 20.8 Å². The first-order valence-electron chi connectivity index (χ1n) is 8.86. The smallest absolute Gasteiger partial charge is 0.265 e. The van der Waals surface area contributed by atoms with Gasteiger partial charge in [0.1, 0.15) is 4.88 Å². The summed E-state index contributed by atoms with van der Waals surface area (Å²) in [5.41, 5.74) is 1.76. The van der Waals surface area contributed by atoms with E-state index in [1.807, 2.05) is 50.1 Å². The molecule has 0 radical (unpaired) electrons. The van der Waals surface area contributed by atoms with Crippen molar-refractivity contribution in [3.8, 4) is 5.82 Å². The fourth-order valence-corrected chi connectivity index (χ4v) is 4.05. The average molecular weight is 383 g/mol. The number of aromatic nitrogens is 5. The van der Waals surface area contributed by atoms with Crippen LogP contribution in [-0.2, 0) is 0 Å². The molecule has 27 heavy (non-hydrogen) atoms. The standard InChI is InChI=1S/C18H21N7OS/c1-12-6-7-25(22-12)16-5-4-15(20-21-16)23-8-10-24(11-9-23)18(26)17-13(2)19-14(3)27-17/h4-7H,8-11H2,1-3H3. The Balaban J connectivity index is 1.40. The van der Waals surface area contributed by atoms with Gasteiger partial charge in [0.25, 0.3) is 5.91 Å². The predicted molar refractivity (Wildman–Crippen MR) is 104 cm³/mol. The Bertz CT molecular complexity index is 955. The molecule has 1 aliphatic heterocycles. The van der Waals surface area contributed by atoms with Gasteiger partial charge in [-0.1, -0.05) is 0 Å². The van der Waals surface area contributed by atoms with Crippen LogP contribution in [0.3, 0.4) is 0 Å². The second-order valence-corrected chi connectivity index (χ2v) is 7.78. The van der Waals surface area contributed by atoms with E-state index in [1.54, 1.807) is 4.68 Å². The zero-order valence-corrected chi connectivity index (χ0v) is 16.4. The minimum absolute atomic E-state index is 0.0771. The van der Waals surface area contributed by atoms with Crippen molar-refractivity contribution in [3.05, 3.63) is 45.7 Å². The molecule has 140 valence electrons.